The van der Waals surface area contributed by atoms with Gasteiger partial charge in [-0.3, -0.25) is 0 Å². The van der Waals surface area contributed by atoms with Gasteiger partial charge in [0.25, 0.3) is 0 Å². The molecular weight excluding hydrogens is 476 g/mol. The molecule has 3 aromatic rings. The van der Waals surface area contributed by atoms with Gasteiger partial charge in [-0.05, 0) is 43.5 Å². The lowest BCUT2D eigenvalue weighted by Crippen LogP contribution is -2.39. The summed E-state index contributed by atoms with van der Waals surface area (Å²) in [6, 6.07) is 4.56. The van der Waals surface area contributed by atoms with Gasteiger partial charge >= 0.3 is 12.4 Å². The molecule has 0 saturated heterocycles. The normalized spacial score (nSPS) is 18.0. The number of nitrogens with one attached hydrogen (secondary N) is 1. The van der Waals surface area contributed by atoms with Crippen LogP contribution in [0.4, 0.5) is 32.3 Å². The molecule has 1 aliphatic rings. The maximum Gasteiger partial charge on any atom is 0.451 e. The lowest BCUT2D eigenvalue weighted by atomic mass is 9.94. The number of hydrogen-bond acceptors (Lipinski definition) is 5. The third-order valence-electron chi connectivity index (χ3n) is 5.56. The minimum atomic E-state index is -5.17. The highest BCUT2D eigenvalue weighted by Crippen LogP contribution is 2.40. The molecule has 0 aliphatic carbocycles. The summed E-state index contributed by atoms with van der Waals surface area (Å²) in [7, 11) is 1.47. The summed E-state index contributed by atoms with van der Waals surface area (Å²) in [6.45, 7) is 1.84. The van der Waals surface area contributed by atoms with E-state index >= 15 is 0 Å². The van der Waals surface area contributed by atoms with Crippen molar-refractivity contribution < 1.29 is 31.1 Å². The first-order chi connectivity index (χ1) is 15.4. The largest absolute Gasteiger partial charge is 0.451 e. The zero-order valence-corrected chi connectivity index (χ0v) is 18.1. The summed E-state index contributed by atoms with van der Waals surface area (Å²) in [6.07, 6.45) is -10.1. The fraction of sp³-hybridized carbons (Fsp3) is 0.450. The Bertz CT molecular complexity index is 1150. The molecule has 2 atom stereocenters. The van der Waals surface area contributed by atoms with Gasteiger partial charge in [0.2, 0.25) is 17.6 Å². The molecule has 0 spiro atoms. The fourth-order valence-electron chi connectivity index (χ4n) is 3.98. The van der Waals surface area contributed by atoms with Crippen LogP contribution >= 0.6 is 11.6 Å². The van der Waals surface area contributed by atoms with Crippen molar-refractivity contribution in [2.45, 2.75) is 44.3 Å². The Hall–Kier alpha value is -2.60. The molecule has 13 heteroatoms. The van der Waals surface area contributed by atoms with Crippen LogP contribution in [0.2, 0.25) is 5.02 Å². The van der Waals surface area contributed by atoms with E-state index in [-0.39, 0.29) is 19.1 Å². The summed E-state index contributed by atoms with van der Waals surface area (Å²) in [5.41, 5.74) is 2.28. The van der Waals surface area contributed by atoms with E-state index in [0.717, 1.165) is 16.5 Å². The number of alkyl halides is 6. The van der Waals surface area contributed by atoms with E-state index in [1.54, 1.807) is 25.1 Å². The van der Waals surface area contributed by atoms with Crippen molar-refractivity contribution in [1.29, 1.82) is 0 Å². The molecule has 0 bridgehead atoms. The fourth-order valence-corrected chi connectivity index (χ4v) is 4.15. The number of nitrogens with zero attached hydrogens (tertiary/aromatic N) is 4. The smallest absolute Gasteiger partial charge is 0.382 e. The monoisotopic (exact) mass is 493 g/mol. The van der Waals surface area contributed by atoms with Crippen LogP contribution in [0.25, 0.3) is 10.9 Å². The van der Waals surface area contributed by atoms with E-state index in [0.29, 0.717) is 17.1 Å². The third kappa shape index (κ3) is 4.58. The first kappa shape index (κ1) is 23.6. The van der Waals surface area contributed by atoms with Crippen molar-refractivity contribution >= 4 is 28.5 Å². The number of benzene rings is 1. The number of anilines is 1. The number of aromatic amines is 1. The number of hydrogen-bond donors (Lipinski definition) is 1. The second kappa shape index (κ2) is 8.32. The predicted molar refractivity (Wildman–Crippen MR) is 108 cm³/mol. The Labute approximate surface area is 188 Å². The number of methoxy groups -OCH3 is 1. The zero-order valence-electron chi connectivity index (χ0n) is 17.4. The van der Waals surface area contributed by atoms with Crippen molar-refractivity contribution in [3.05, 3.63) is 46.1 Å². The Balaban J connectivity index is 1.87. The van der Waals surface area contributed by atoms with Crippen molar-refractivity contribution in [3.8, 4) is 0 Å². The SMILES string of the molecule is CO[C@@H](C)C[C@H]1c2[nH]c3ccc(Cl)cc3c2CCN1c1nc(C(F)(F)F)nc(C(F)(F)F)n1. The summed E-state index contributed by atoms with van der Waals surface area (Å²) in [4.78, 5) is 13.9. The molecule has 1 aliphatic heterocycles. The summed E-state index contributed by atoms with van der Waals surface area (Å²) >= 11 is 6.12. The minimum absolute atomic E-state index is 0.0895. The zero-order chi connectivity index (χ0) is 24.1. The highest BCUT2D eigenvalue weighted by molar-refractivity contribution is 6.31. The predicted octanol–water partition coefficient (Wildman–Crippen LogP) is 5.57. The number of fused-ring (bicyclic) bond motifs is 3. The maximum atomic E-state index is 13.3. The molecule has 6 nitrogen and oxygen atoms in total. The number of rotatable bonds is 4. The molecule has 0 radical (unpaired) electrons. The average molecular weight is 494 g/mol. The first-order valence-corrected chi connectivity index (χ1v) is 10.3. The molecule has 0 fully saturated rings. The standard InChI is InChI=1S/C20H18ClF6N5O/c1-9(33-2)7-14-15-11(12-8-10(21)3-4-13(12)28-15)5-6-32(14)18-30-16(19(22,23)24)29-17(31-18)20(25,26)27/h3-4,8-9,14,28H,5-7H2,1-2H3/t9-,14-/m0/s1. The number of halogens is 7. The van der Waals surface area contributed by atoms with E-state index in [2.05, 4.69) is 19.9 Å². The van der Waals surface area contributed by atoms with Crippen molar-refractivity contribution in [1.82, 2.24) is 19.9 Å². The van der Waals surface area contributed by atoms with E-state index in [1.807, 2.05) is 0 Å². The Morgan fingerprint density at radius 2 is 1.76 bits per heavy atom. The molecule has 4 rings (SSSR count). The first-order valence-electron chi connectivity index (χ1n) is 9.88. The van der Waals surface area contributed by atoms with Crippen LogP contribution in [0, 0.1) is 0 Å². The van der Waals surface area contributed by atoms with E-state index in [1.165, 1.54) is 12.0 Å². The van der Waals surface area contributed by atoms with Gasteiger partial charge in [0.1, 0.15) is 0 Å². The number of ether oxygens (including phenoxy) is 1. The quantitative estimate of drug-likeness (QED) is 0.481. The summed E-state index contributed by atoms with van der Waals surface area (Å²) < 4.78 is 85.2. The van der Waals surface area contributed by atoms with Crippen molar-refractivity contribution in [3.63, 3.8) is 0 Å². The van der Waals surface area contributed by atoms with Gasteiger partial charge in [-0.25, -0.2) is 4.98 Å². The average Bonchev–Trinajstić information content (AvgIpc) is 3.10. The number of aromatic nitrogens is 4. The molecule has 1 N–H and O–H groups in total. The van der Waals surface area contributed by atoms with Crippen LogP contribution < -0.4 is 4.90 Å². The van der Waals surface area contributed by atoms with Crippen LogP contribution in [0.5, 0.6) is 0 Å². The van der Waals surface area contributed by atoms with Crippen LogP contribution in [0.1, 0.15) is 42.3 Å². The van der Waals surface area contributed by atoms with Gasteiger partial charge in [-0.2, -0.15) is 36.3 Å². The van der Waals surface area contributed by atoms with Crippen LogP contribution in [0.3, 0.4) is 0 Å². The van der Waals surface area contributed by atoms with Crippen LogP contribution in [-0.4, -0.2) is 39.7 Å². The second-order valence-electron chi connectivity index (χ2n) is 7.73. The molecule has 2 aromatic heterocycles. The van der Waals surface area contributed by atoms with Crippen molar-refractivity contribution in [2.75, 3.05) is 18.6 Å². The topological polar surface area (TPSA) is 66.9 Å². The Morgan fingerprint density at radius 1 is 1.12 bits per heavy atom. The molecule has 1 aromatic carbocycles. The van der Waals surface area contributed by atoms with Gasteiger partial charge in [0.15, 0.2) is 0 Å². The van der Waals surface area contributed by atoms with E-state index < -0.39 is 36.0 Å². The van der Waals surface area contributed by atoms with Crippen molar-refractivity contribution in [2.24, 2.45) is 0 Å². The molecule has 0 amide bonds. The van der Waals surface area contributed by atoms with E-state index in [9.17, 15) is 26.3 Å². The molecule has 0 unspecified atom stereocenters. The second-order valence-corrected chi connectivity index (χ2v) is 8.16. The van der Waals surface area contributed by atoms with Gasteiger partial charge < -0.3 is 14.6 Å². The minimum Gasteiger partial charge on any atom is -0.382 e. The van der Waals surface area contributed by atoms with Gasteiger partial charge in [-0.1, -0.05) is 11.6 Å². The highest BCUT2D eigenvalue weighted by atomic mass is 35.5. The molecule has 0 saturated carbocycles. The highest BCUT2D eigenvalue weighted by Gasteiger charge is 2.43. The lowest BCUT2D eigenvalue weighted by molar-refractivity contribution is -0.155. The molecule has 3 heterocycles. The van der Waals surface area contributed by atoms with Gasteiger partial charge in [0, 0.05) is 35.3 Å². The van der Waals surface area contributed by atoms with Gasteiger partial charge in [-0.15, -0.1) is 0 Å². The van der Waals surface area contributed by atoms with Gasteiger partial charge in [0.05, 0.1) is 12.1 Å². The number of H-pyrrole nitrogens is 1. The Morgan fingerprint density at radius 3 is 2.33 bits per heavy atom. The molecule has 33 heavy (non-hydrogen) atoms. The van der Waals surface area contributed by atoms with E-state index in [4.69, 9.17) is 16.3 Å². The third-order valence-corrected chi connectivity index (χ3v) is 5.79. The summed E-state index contributed by atoms with van der Waals surface area (Å²) in [5.74, 6) is -4.49. The van der Waals surface area contributed by atoms with Crippen LogP contribution in [0.15, 0.2) is 18.2 Å². The maximum absolute atomic E-state index is 13.3. The lowest BCUT2D eigenvalue weighted by Gasteiger charge is -2.37. The Kier molecular flexibility index (Phi) is 5.94. The molecule has 178 valence electrons. The summed E-state index contributed by atoms with van der Waals surface area (Å²) in [5, 5.41) is 1.35. The van der Waals surface area contributed by atoms with Crippen LogP contribution in [-0.2, 0) is 23.5 Å². The molecular formula is C20H18ClF6N5O.